The molecule has 4 rings (SSSR count). The fourth-order valence-corrected chi connectivity index (χ4v) is 3.60. The second kappa shape index (κ2) is 9.40. The Morgan fingerprint density at radius 2 is 1.94 bits per heavy atom. The predicted molar refractivity (Wildman–Crippen MR) is 110 cm³/mol. The molecule has 0 aliphatic carbocycles. The number of hydrogen-bond donors (Lipinski definition) is 1. The summed E-state index contributed by atoms with van der Waals surface area (Å²) in [5, 5.41) is 2.94. The molecule has 1 aliphatic rings. The van der Waals surface area contributed by atoms with Gasteiger partial charge in [0.2, 0.25) is 0 Å². The van der Waals surface area contributed by atoms with E-state index in [1.165, 1.54) is 18.2 Å². The van der Waals surface area contributed by atoms with Gasteiger partial charge in [0.25, 0.3) is 5.91 Å². The minimum atomic E-state index is -0.674. The summed E-state index contributed by atoms with van der Waals surface area (Å²) < 4.78 is 40.4. The molecule has 9 heteroatoms. The summed E-state index contributed by atoms with van der Waals surface area (Å²) in [7, 11) is 0. The Kier molecular flexibility index (Phi) is 6.43. The number of imidazole rings is 1. The highest BCUT2D eigenvalue weighted by Gasteiger charge is 2.20. The summed E-state index contributed by atoms with van der Waals surface area (Å²) >= 11 is 0. The number of benzene rings is 1. The van der Waals surface area contributed by atoms with Crippen molar-refractivity contribution < 1.29 is 23.0 Å². The largest absolute Gasteiger partial charge is 0.485 e. The van der Waals surface area contributed by atoms with Crippen LogP contribution in [0.3, 0.4) is 0 Å². The molecule has 1 saturated heterocycles. The topological polar surface area (TPSA) is 68.1 Å². The average molecular weight is 430 g/mol. The van der Waals surface area contributed by atoms with Crippen LogP contribution in [0.15, 0.2) is 36.5 Å². The zero-order valence-corrected chi connectivity index (χ0v) is 17.2. The first-order chi connectivity index (χ1) is 15.0. The van der Waals surface area contributed by atoms with Crippen molar-refractivity contribution in [1.82, 2.24) is 19.6 Å². The number of aromatic nitrogens is 2. The number of pyridine rings is 1. The minimum absolute atomic E-state index is 0.158. The van der Waals surface area contributed by atoms with E-state index in [9.17, 15) is 13.6 Å². The zero-order valence-electron chi connectivity index (χ0n) is 17.2. The van der Waals surface area contributed by atoms with Gasteiger partial charge in [-0.3, -0.25) is 14.1 Å². The van der Waals surface area contributed by atoms with Crippen molar-refractivity contribution in [2.24, 2.45) is 0 Å². The number of ether oxygens (including phenoxy) is 2. The van der Waals surface area contributed by atoms with Crippen LogP contribution in [0.2, 0.25) is 0 Å². The molecule has 1 amide bonds. The maximum absolute atomic E-state index is 13.9. The number of aryl methyl sites for hydroxylation is 1. The van der Waals surface area contributed by atoms with Gasteiger partial charge in [-0.25, -0.2) is 13.8 Å². The molecule has 7 nitrogen and oxygen atoms in total. The lowest BCUT2D eigenvalue weighted by Gasteiger charge is -2.26. The van der Waals surface area contributed by atoms with Gasteiger partial charge >= 0.3 is 0 Å². The molecule has 0 saturated carbocycles. The Balaban J connectivity index is 1.48. The van der Waals surface area contributed by atoms with Crippen LogP contribution in [0.25, 0.3) is 5.65 Å². The number of nitrogens with one attached hydrogen (secondary N) is 1. The summed E-state index contributed by atoms with van der Waals surface area (Å²) in [6.07, 6.45) is 1.71. The van der Waals surface area contributed by atoms with E-state index in [2.05, 4.69) is 15.2 Å². The van der Waals surface area contributed by atoms with Crippen LogP contribution in [0.5, 0.6) is 5.75 Å². The SMILES string of the molecule is Cc1nc2c(OCc3c(F)cccc3F)cccn2c1C(=O)NCCN1CCOCC1. The van der Waals surface area contributed by atoms with Crippen molar-refractivity contribution >= 4 is 11.6 Å². The monoisotopic (exact) mass is 430 g/mol. The van der Waals surface area contributed by atoms with Crippen molar-refractivity contribution in [2.45, 2.75) is 13.5 Å². The summed E-state index contributed by atoms with van der Waals surface area (Å²) in [6, 6.07) is 7.02. The van der Waals surface area contributed by atoms with E-state index in [0.717, 1.165) is 19.6 Å². The molecule has 0 radical (unpaired) electrons. The lowest BCUT2D eigenvalue weighted by Crippen LogP contribution is -2.41. The molecule has 0 bridgehead atoms. The number of hydrogen-bond acceptors (Lipinski definition) is 5. The molecule has 0 spiro atoms. The predicted octanol–water partition coefficient (Wildman–Crippen LogP) is 2.56. The first-order valence-electron chi connectivity index (χ1n) is 10.2. The molecule has 3 heterocycles. The number of amides is 1. The lowest BCUT2D eigenvalue weighted by molar-refractivity contribution is 0.0383. The molecule has 1 aromatic carbocycles. The molecule has 0 atom stereocenters. The van der Waals surface area contributed by atoms with E-state index < -0.39 is 11.6 Å². The Morgan fingerprint density at radius 3 is 2.68 bits per heavy atom. The summed E-state index contributed by atoms with van der Waals surface area (Å²) in [5.74, 6) is -1.25. The first kappa shape index (κ1) is 21.2. The Labute approximate surface area is 178 Å². The van der Waals surface area contributed by atoms with Crippen LogP contribution >= 0.6 is 0 Å². The Bertz CT molecular complexity index is 1060. The van der Waals surface area contributed by atoms with Crippen LogP contribution in [0, 0.1) is 18.6 Å². The van der Waals surface area contributed by atoms with Gasteiger partial charge in [0.1, 0.15) is 23.9 Å². The molecule has 3 aromatic rings. The molecular weight excluding hydrogens is 406 g/mol. The van der Waals surface area contributed by atoms with Gasteiger partial charge in [-0.1, -0.05) is 6.07 Å². The van der Waals surface area contributed by atoms with Crippen molar-refractivity contribution in [3.63, 3.8) is 0 Å². The van der Waals surface area contributed by atoms with E-state index in [4.69, 9.17) is 9.47 Å². The number of morpholine rings is 1. The van der Waals surface area contributed by atoms with Crippen LogP contribution in [0.1, 0.15) is 21.7 Å². The first-order valence-corrected chi connectivity index (χ1v) is 10.2. The van der Waals surface area contributed by atoms with Crippen molar-refractivity contribution in [1.29, 1.82) is 0 Å². The third kappa shape index (κ3) is 4.67. The second-order valence-corrected chi connectivity index (χ2v) is 7.31. The zero-order chi connectivity index (χ0) is 21.8. The maximum Gasteiger partial charge on any atom is 0.270 e. The number of carbonyl (C=O) groups is 1. The highest BCUT2D eigenvalue weighted by atomic mass is 19.1. The molecule has 31 heavy (non-hydrogen) atoms. The molecule has 164 valence electrons. The van der Waals surface area contributed by atoms with Gasteiger partial charge < -0.3 is 14.8 Å². The van der Waals surface area contributed by atoms with Crippen LogP contribution in [-0.2, 0) is 11.3 Å². The van der Waals surface area contributed by atoms with Gasteiger partial charge in [-0.2, -0.15) is 0 Å². The fraction of sp³-hybridized carbons (Fsp3) is 0.364. The third-order valence-electron chi connectivity index (χ3n) is 5.25. The average Bonchev–Trinajstić information content (AvgIpc) is 3.10. The van der Waals surface area contributed by atoms with Gasteiger partial charge in [-0.05, 0) is 31.2 Å². The summed E-state index contributed by atoms with van der Waals surface area (Å²) in [4.78, 5) is 19.5. The van der Waals surface area contributed by atoms with Gasteiger partial charge in [-0.15, -0.1) is 0 Å². The van der Waals surface area contributed by atoms with Crippen LogP contribution in [-0.4, -0.2) is 59.6 Å². The third-order valence-corrected chi connectivity index (χ3v) is 5.25. The van der Waals surface area contributed by atoms with Crippen molar-refractivity contribution in [3.8, 4) is 5.75 Å². The van der Waals surface area contributed by atoms with Crippen molar-refractivity contribution in [2.75, 3.05) is 39.4 Å². The number of fused-ring (bicyclic) bond motifs is 1. The molecular formula is C22H24F2N4O3. The molecule has 1 N–H and O–H groups in total. The lowest BCUT2D eigenvalue weighted by atomic mass is 10.2. The number of nitrogens with zero attached hydrogens (tertiary/aromatic N) is 3. The Morgan fingerprint density at radius 1 is 1.19 bits per heavy atom. The van der Waals surface area contributed by atoms with Crippen LogP contribution < -0.4 is 10.1 Å². The van der Waals surface area contributed by atoms with Gasteiger partial charge in [0.15, 0.2) is 11.4 Å². The highest BCUT2D eigenvalue weighted by Crippen LogP contribution is 2.24. The summed E-state index contributed by atoms with van der Waals surface area (Å²) in [6.45, 7) is 5.83. The van der Waals surface area contributed by atoms with Crippen LogP contribution in [0.4, 0.5) is 8.78 Å². The maximum atomic E-state index is 13.9. The second-order valence-electron chi connectivity index (χ2n) is 7.31. The molecule has 1 fully saturated rings. The minimum Gasteiger partial charge on any atom is -0.485 e. The summed E-state index contributed by atoms with van der Waals surface area (Å²) in [5.41, 5.74) is 1.19. The van der Waals surface area contributed by atoms with Gasteiger partial charge in [0, 0.05) is 32.4 Å². The van der Waals surface area contributed by atoms with Gasteiger partial charge in [0.05, 0.1) is 24.5 Å². The smallest absolute Gasteiger partial charge is 0.270 e. The normalized spacial score (nSPS) is 14.7. The number of rotatable bonds is 7. The highest BCUT2D eigenvalue weighted by molar-refractivity contribution is 5.95. The number of halogens is 2. The van der Waals surface area contributed by atoms with E-state index in [1.807, 2.05) is 0 Å². The standard InChI is InChI=1S/C22H24F2N4O3/c1-15-20(22(29)25-7-9-27-10-12-30-13-11-27)28-8-3-6-19(21(28)26-15)31-14-16-17(23)4-2-5-18(16)24/h2-6,8H,7,9-14H2,1H3,(H,25,29). The van der Waals surface area contributed by atoms with E-state index in [-0.39, 0.29) is 18.1 Å². The van der Waals surface area contributed by atoms with E-state index in [0.29, 0.717) is 42.5 Å². The quantitative estimate of drug-likeness (QED) is 0.624. The van der Waals surface area contributed by atoms with E-state index in [1.54, 1.807) is 29.7 Å². The molecule has 2 aromatic heterocycles. The Hall–Kier alpha value is -3.04. The van der Waals surface area contributed by atoms with Crippen molar-refractivity contribution in [3.05, 3.63) is 65.1 Å². The fourth-order valence-electron chi connectivity index (χ4n) is 3.60. The van der Waals surface area contributed by atoms with E-state index >= 15 is 0 Å². The molecule has 0 unspecified atom stereocenters. The molecule has 1 aliphatic heterocycles. The number of carbonyl (C=O) groups excluding carboxylic acids is 1.